The van der Waals surface area contributed by atoms with Crippen molar-refractivity contribution in [3.63, 3.8) is 0 Å². The summed E-state index contributed by atoms with van der Waals surface area (Å²) in [5.41, 5.74) is 8.67. The Hall–Kier alpha value is -1.71. The van der Waals surface area contributed by atoms with Crippen LogP contribution >= 0.6 is 0 Å². The summed E-state index contributed by atoms with van der Waals surface area (Å²) in [6, 6.07) is 1.88. The van der Waals surface area contributed by atoms with Gasteiger partial charge in [0, 0.05) is 11.1 Å². The lowest BCUT2D eigenvalue weighted by molar-refractivity contribution is 0.568. The zero-order chi connectivity index (χ0) is 9.26. The molecule has 68 valence electrons. The Labute approximate surface area is 75.7 Å². The summed E-state index contributed by atoms with van der Waals surface area (Å²) in [5.74, 6) is 0.568. The lowest BCUT2D eigenvalue weighted by Gasteiger charge is -1.96. The fraction of sp³-hybridized carbons (Fsp3) is 0.222. The number of aromatic amines is 1. The van der Waals surface area contributed by atoms with Gasteiger partial charge in [-0.15, -0.1) is 0 Å². The molecule has 0 fully saturated rings. The van der Waals surface area contributed by atoms with Gasteiger partial charge in [0.1, 0.15) is 5.82 Å². The summed E-state index contributed by atoms with van der Waals surface area (Å²) >= 11 is 0. The van der Waals surface area contributed by atoms with Crippen molar-refractivity contribution in [2.24, 2.45) is 0 Å². The molecule has 4 heteroatoms. The molecule has 0 aliphatic heterocycles. The van der Waals surface area contributed by atoms with Crippen molar-refractivity contribution in [1.29, 1.82) is 0 Å². The van der Waals surface area contributed by atoms with E-state index in [1.165, 1.54) is 0 Å². The molecule has 2 heterocycles. The topological polar surface area (TPSA) is 67.8 Å². The molecule has 2 rings (SSSR count). The highest BCUT2D eigenvalue weighted by molar-refractivity contribution is 5.66. The van der Waals surface area contributed by atoms with E-state index in [0.717, 1.165) is 23.2 Å². The van der Waals surface area contributed by atoms with Crippen molar-refractivity contribution in [3.05, 3.63) is 24.2 Å². The van der Waals surface area contributed by atoms with E-state index >= 15 is 0 Å². The summed E-state index contributed by atoms with van der Waals surface area (Å²) in [6.07, 6.45) is 4.17. The number of H-pyrrole nitrogens is 1. The number of nitrogens with one attached hydrogen (secondary N) is 1. The highest BCUT2D eigenvalue weighted by Crippen LogP contribution is 2.25. The molecule has 0 saturated carbocycles. The van der Waals surface area contributed by atoms with Gasteiger partial charge >= 0.3 is 0 Å². The zero-order valence-electron chi connectivity index (χ0n) is 7.37. The molecule has 0 aliphatic carbocycles. The number of hydrogen-bond acceptors (Lipinski definition) is 3. The van der Waals surface area contributed by atoms with E-state index in [2.05, 4.69) is 10.2 Å². The van der Waals surface area contributed by atoms with Gasteiger partial charge in [0.15, 0.2) is 0 Å². The SMILES string of the molecule is CCc1c(N)n[nH]c1-c1ccoc1. The molecular weight excluding hydrogens is 166 g/mol. The van der Waals surface area contributed by atoms with E-state index in [-0.39, 0.29) is 0 Å². The first-order valence-corrected chi connectivity index (χ1v) is 4.18. The first-order valence-electron chi connectivity index (χ1n) is 4.18. The molecule has 0 saturated heterocycles. The van der Waals surface area contributed by atoms with E-state index in [4.69, 9.17) is 10.2 Å². The maximum atomic E-state index is 5.69. The van der Waals surface area contributed by atoms with Gasteiger partial charge in [-0.05, 0) is 12.5 Å². The average Bonchev–Trinajstić information content (AvgIpc) is 2.71. The molecule has 0 spiro atoms. The van der Waals surface area contributed by atoms with Crippen molar-refractivity contribution in [1.82, 2.24) is 10.2 Å². The van der Waals surface area contributed by atoms with Crippen LogP contribution in [0.2, 0.25) is 0 Å². The van der Waals surface area contributed by atoms with E-state index < -0.39 is 0 Å². The maximum absolute atomic E-state index is 5.69. The van der Waals surface area contributed by atoms with Crippen LogP contribution in [0, 0.1) is 0 Å². The van der Waals surface area contributed by atoms with Gasteiger partial charge in [0.05, 0.1) is 18.2 Å². The van der Waals surface area contributed by atoms with E-state index in [1.807, 2.05) is 13.0 Å². The Bertz CT molecular complexity index is 389. The minimum Gasteiger partial charge on any atom is -0.472 e. The van der Waals surface area contributed by atoms with Gasteiger partial charge in [-0.1, -0.05) is 6.92 Å². The van der Waals surface area contributed by atoms with Crippen molar-refractivity contribution in [2.45, 2.75) is 13.3 Å². The molecule has 2 aromatic heterocycles. The fourth-order valence-corrected chi connectivity index (χ4v) is 1.38. The molecule has 4 nitrogen and oxygen atoms in total. The molecule has 2 aromatic rings. The van der Waals surface area contributed by atoms with E-state index in [0.29, 0.717) is 5.82 Å². The second-order valence-corrected chi connectivity index (χ2v) is 2.83. The van der Waals surface area contributed by atoms with Crippen molar-refractivity contribution < 1.29 is 4.42 Å². The Morgan fingerprint density at radius 2 is 2.46 bits per heavy atom. The van der Waals surface area contributed by atoms with Gasteiger partial charge in [-0.2, -0.15) is 5.10 Å². The van der Waals surface area contributed by atoms with Crippen LogP contribution in [0.3, 0.4) is 0 Å². The number of furan rings is 1. The molecule has 0 amide bonds. The second kappa shape index (κ2) is 2.97. The normalized spacial score (nSPS) is 10.5. The minimum absolute atomic E-state index is 0.568. The molecular formula is C9H11N3O. The largest absolute Gasteiger partial charge is 0.472 e. The van der Waals surface area contributed by atoms with Gasteiger partial charge in [0.25, 0.3) is 0 Å². The third-order valence-corrected chi connectivity index (χ3v) is 2.06. The summed E-state index contributed by atoms with van der Waals surface area (Å²) in [6.45, 7) is 2.05. The molecule has 0 atom stereocenters. The lowest BCUT2D eigenvalue weighted by atomic mass is 10.1. The third-order valence-electron chi connectivity index (χ3n) is 2.06. The third kappa shape index (κ3) is 1.20. The fourth-order valence-electron chi connectivity index (χ4n) is 1.38. The number of rotatable bonds is 2. The smallest absolute Gasteiger partial charge is 0.149 e. The number of nitrogens with two attached hydrogens (primary N) is 1. The standard InChI is InChI=1S/C9H11N3O/c1-2-7-8(11-12-9(7)10)6-3-4-13-5-6/h3-5H,2H2,1H3,(H3,10,11,12). The highest BCUT2D eigenvalue weighted by atomic mass is 16.3. The average molecular weight is 177 g/mol. The molecule has 0 aromatic carbocycles. The van der Waals surface area contributed by atoms with Gasteiger partial charge in [-0.3, -0.25) is 5.10 Å². The summed E-state index contributed by atoms with van der Waals surface area (Å²) in [4.78, 5) is 0. The number of nitrogen functional groups attached to an aromatic ring is 1. The Balaban J connectivity index is 2.52. The monoisotopic (exact) mass is 177 g/mol. The number of aromatic nitrogens is 2. The van der Waals surface area contributed by atoms with Crippen LogP contribution in [0.25, 0.3) is 11.3 Å². The first kappa shape index (κ1) is 7.91. The summed E-state index contributed by atoms with van der Waals surface area (Å²) in [5, 5.41) is 6.85. The van der Waals surface area contributed by atoms with Crippen LogP contribution < -0.4 is 5.73 Å². The predicted molar refractivity (Wildman–Crippen MR) is 50.1 cm³/mol. The summed E-state index contributed by atoms with van der Waals surface area (Å²) in [7, 11) is 0. The van der Waals surface area contributed by atoms with E-state index in [9.17, 15) is 0 Å². The highest BCUT2D eigenvalue weighted by Gasteiger charge is 2.10. The summed E-state index contributed by atoms with van der Waals surface area (Å²) < 4.78 is 4.99. The number of anilines is 1. The van der Waals surface area contributed by atoms with Crippen LogP contribution in [0.5, 0.6) is 0 Å². The second-order valence-electron chi connectivity index (χ2n) is 2.83. The molecule has 3 N–H and O–H groups in total. The van der Waals surface area contributed by atoms with Crippen molar-refractivity contribution >= 4 is 5.82 Å². The van der Waals surface area contributed by atoms with Crippen molar-refractivity contribution in [3.8, 4) is 11.3 Å². The van der Waals surface area contributed by atoms with Crippen LogP contribution in [-0.2, 0) is 6.42 Å². The van der Waals surface area contributed by atoms with Crippen LogP contribution in [0.4, 0.5) is 5.82 Å². The quantitative estimate of drug-likeness (QED) is 0.735. The Kier molecular flexibility index (Phi) is 1.81. The molecule has 0 bridgehead atoms. The number of hydrogen-bond donors (Lipinski definition) is 2. The first-order chi connectivity index (χ1) is 6.33. The van der Waals surface area contributed by atoms with Crippen LogP contribution in [0.1, 0.15) is 12.5 Å². The predicted octanol–water partition coefficient (Wildman–Crippen LogP) is 1.81. The Morgan fingerprint density at radius 1 is 1.62 bits per heavy atom. The maximum Gasteiger partial charge on any atom is 0.149 e. The lowest BCUT2D eigenvalue weighted by Crippen LogP contribution is -1.90. The molecule has 0 unspecified atom stereocenters. The number of nitrogens with zero attached hydrogens (tertiary/aromatic N) is 1. The zero-order valence-corrected chi connectivity index (χ0v) is 7.37. The molecule has 13 heavy (non-hydrogen) atoms. The Morgan fingerprint density at radius 3 is 3.08 bits per heavy atom. The van der Waals surface area contributed by atoms with E-state index in [1.54, 1.807) is 12.5 Å². The van der Waals surface area contributed by atoms with Crippen LogP contribution in [0.15, 0.2) is 23.0 Å². The van der Waals surface area contributed by atoms with Gasteiger partial charge < -0.3 is 10.2 Å². The van der Waals surface area contributed by atoms with Gasteiger partial charge in [0.2, 0.25) is 0 Å². The van der Waals surface area contributed by atoms with Gasteiger partial charge in [-0.25, -0.2) is 0 Å². The van der Waals surface area contributed by atoms with Crippen molar-refractivity contribution in [2.75, 3.05) is 5.73 Å². The molecule has 0 radical (unpaired) electrons. The van der Waals surface area contributed by atoms with Crippen LogP contribution in [-0.4, -0.2) is 10.2 Å². The minimum atomic E-state index is 0.568. The molecule has 0 aliphatic rings.